The highest BCUT2D eigenvalue weighted by Gasteiger charge is 2.29. The predicted octanol–water partition coefficient (Wildman–Crippen LogP) is 4.80. The molecule has 0 spiro atoms. The fourth-order valence-electron chi connectivity index (χ4n) is 3.17. The van der Waals surface area contributed by atoms with E-state index < -0.39 is 0 Å². The lowest BCUT2D eigenvalue weighted by Gasteiger charge is -2.11. The highest BCUT2D eigenvalue weighted by Crippen LogP contribution is 2.41. The molecule has 1 atom stereocenters. The molecule has 0 saturated heterocycles. The quantitative estimate of drug-likeness (QED) is 0.474. The standard InChI is InChI=1S/C18H17N5OS3/c1-9(27-18-22-21-10(2)23(18)11-5-6-11)15-19-16(24)14-12(8-26-17(14)20-15)13-4-3-7-25-13/h3-4,7-9,11H,5-6H2,1-2H3,(H,19,20,24)/t9-/m1/s1. The second kappa shape index (κ2) is 6.57. The number of hydrogen-bond acceptors (Lipinski definition) is 7. The Kier molecular flexibility index (Phi) is 4.18. The first-order valence-electron chi connectivity index (χ1n) is 8.75. The minimum Gasteiger partial charge on any atom is -0.309 e. The Balaban J connectivity index is 1.49. The van der Waals surface area contributed by atoms with Crippen LogP contribution in [0, 0.1) is 6.92 Å². The summed E-state index contributed by atoms with van der Waals surface area (Å²) in [5.74, 6) is 1.63. The third-order valence-corrected chi connectivity index (χ3v) is 7.50. The van der Waals surface area contributed by atoms with Crippen molar-refractivity contribution in [2.24, 2.45) is 0 Å². The van der Waals surface area contributed by atoms with Gasteiger partial charge in [-0.2, -0.15) is 0 Å². The Bertz CT molecular complexity index is 1170. The molecule has 5 rings (SSSR count). The van der Waals surface area contributed by atoms with Crippen LogP contribution in [0.25, 0.3) is 20.7 Å². The minimum absolute atomic E-state index is 0.0181. The van der Waals surface area contributed by atoms with Crippen LogP contribution >= 0.6 is 34.4 Å². The lowest BCUT2D eigenvalue weighted by molar-refractivity contribution is 0.642. The van der Waals surface area contributed by atoms with Crippen LogP contribution in [-0.4, -0.2) is 24.7 Å². The van der Waals surface area contributed by atoms with Gasteiger partial charge in [0.2, 0.25) is 0 Å². The number of aryl methyl sites for hydroxylation is 1. The van der Waals surface area contributed by atoms with Crippen LogP contribution in [-0.2, 0) is 0 Å². The summed E-state index contributed by atoms with van der Waals surface area (Å²) in [4.78, 5) is 22.4. The molecule has 1 fully saturated rings. The van der Waals surface area contributed by atoms with Crippen LogP contribution in [0.5, 0.6) is 0 Å². The molecule has 0 unspecified atom stereocenters. The van der Waals surface area contributed by atoms with Crippen molar-refractivity contribution in [1.29, 1.82) is 0 Å². The Morgan fingerprint density at radius 3 is 2.93 bits per heavy atom. The molecule has 4 aromatic rings. The summed E-state index contributed by atoms with van der Waals surface area (Å²) in [6.45, 7) is 4.04. The van der Waals surface area contributed by atoms with E-state index in [0.717, 1.165) is 26.3 Å². The van der Waals surface area contributed by atoms with E-state index in [2.05, 4.69) is 19.7 Å². The van der Waals surface area contributed by atoms with Gasteiger partial charge in [-0.3, -0.25) is 4.79 Å². The summed E-state index contributed by atoms with van der Waals surface area (Å²) >= 11 is 4.75. The van der Waals surface area contributed by atoms with Crippen molar-refractivity contribution in [2.75, 3.05) is 0 Å². The normalized spacial score (nSPS) is 15.5. The lowest BCUT2D eigenvalue weighted by atomic mass is 10.2. The van der Waals surface area contributed by atoms with Crippen molar-refractivity contribution in [2.45, 2.75) is 43.1 Å². The van der Waals surface area contributed by atoms with Gasteiger partial charge in [0.25, 0.3) is 5.56 Å². The average Bonchev–Trinajstić information content (AvgIpc) is 3.06. The van der Waals surface area contributed by atoms with E-state index in [4.69, 9.17) is 4.98 Å². The van der Waals surface area contributed by atoms with E-state index in [1.54, 1.807) is 23.1 Å². The number of aromatic nitrogens is 5. The molecule has 1 aliphatic carbocycles. The number of nitrogens with zero attached hydrogens (tertiary/aromatic N) is 4. The summed E-state index contributed by atoms with van der Waals surface area (Å²) in [6.07, 6.45) is 2.37. The van der Waals surface area contributed by atoms with Gasteiger partial charge in [0, 0.05) is 21.9 Å². The molecule has 27 heavy (non-hydrogen) atoms. The fourth-order valence-corrected chi connectivity index (χ4v) is 5.96. The van der Waals surface area contributed by atoms with Crippen LogP contribution in [0.3, 0.4) is 0 Å². The molecular weight excluding hydrogens is 398 g/mol. The van der Waals surface area contributed by atoms with Crippen LogP contribution < -0.4 is 5.56 Å². The van der Waals surface area contributed by atoms with Crippen LogP contribution in [0.2, 0.25) is 0 Å². The Morgan fingerprint density at radius 1 is 1.33 bits per heavy atom. The van der Waals surface area contributed by atoms with Crippen molar-refractivity contribution in [3.8, 4) is 10.4 Å². The van der Waals surface area contributed by atoms with E-state index in [9.17, 15) is 4.79 Å². The second-order valence-electron chi connectivity index (χ2n) is 6.65. The van der Waals surface area contributed by atoms with Crippen molar-refractivity contribution < 1.29 is 0 Å². The molecule has 1 N–H and O–H groups in total. The smallest absolute Gasteiger partial charge is 0.260 e. The van der Waals surface area contributed by atoms with E-state index >= 15 is 0 Å². The molecule has 0 bridgehead atoms. The number of nitrogens with one attached hydrogen (secondary N) is 1. The molecular formula is C18H17N5OS3. The maximum absolute atomic E-state index is 12.8. The number of aromatic amines is 1. The number of thiophene rings is 2. The first-order valence-corrected chi connectivity index (χ1v) is 11.4. The Morgan fingerprint density at radius 2 is 2.19 bits per heavy atom. The predicted molar refractivity (Wildman–Crippen MR) is 111 cm³/mol. The van der Waals surface area contributed by atoms with Gasteiger partial charge in [0.05, 0.1) is 10.6 Å². The van der Waals surface area contributed by atoms with Crippen LogP contribution in [0.1, 0.15) is 42.7 Å². The zero-order valence-corrected chi connectivity index (χ0v) is 17.2. The molecule has 9 heteroatoms. The zero-order valence-electron chi connectivity index (χ0n) is 14.8. The number of rotatable bonds is 5. The largest absolute Gasteiger partial charge is 0.309 e. The summed E-state index contributed by atoms with van der Waals surface area (Å²) in [7, 11) is 0. The number of thioether (sulfide) groups is 1. The summed E-state index contributed by atoms with van der Waals surface area (Å²) < 4.78 is 2.21. The van der Waals surface area contributed by atoms with E-state index in [1.165, 1.54) is 24.2 Å². The molecule has 1 saturated carbocycles. The van der Waals surface area contributed by atoms with Gasteiger partial charge in [-0.15, -0.1) is 32.9 Å². The maximum atomic E-state index is 12.8. The SMILES string of the molecule is Cc1nnc(S[C@H](C)c2nc3scc(-c4cccs4)c3c(=O)[nH]2)n1C1CC1. The first kappa shape index (κ1) is 17.2. The molecule has 6 nitrogen and oxygen atoms in total. The van der Waals surface area contributed by atoms with Gasteiger partial charge in [0.1, 0.15) is 16.5 Å². The average molecular weight is 416 g/mol. The molecule has 0 aromatic carbocycles. The highest BCUT2D eigenvalue weighted by atomic mass is 32.2. The molecule has 4 aromatic heterocycles. The van der Waals surface area contributed by atoms with Crippen LogP contribution in [0.15, 0.2) is 32.8 Å². The number of H-pyrrole nitrogens is 1. The monoisotopic (exact) mass is 415 g/mol. The number of fused-ring (bicyclic) bond motifs is 1. The van der Waals surface area contributed by atoms with Gasteiger partial charge in [-0.1, -0.05) is 17.8 Å². The molecule has 1 aliphatic rings. The third kappa shape index (κ3) is 3.03. The molecule has 0 radical (unpaired) electrons. The van der Waals surface area contributed by atoms with Gasteiger partial charge in [-0.25, -0.2) is 4.98 Å². The topological polar surface area (TPSA) is 76.5 Å². The number of hydrogen-bond donors (Lipinski definition) is 1. The van der Waals surface area contributed by atoms with Crippen molar-refractivity contribution in [3.63, 3.8) is 0 Å². The third-order valence-electron chi connectivity index (χ3n) is 4.66. The molecule has 138 valence electrons. The van der Waals surface area contributed by atoms with Gasteiger partial charge >= 0.3 is 0 Å². The zero-order chi connectivity index (χ0) is 18.5. The van der Waals surface area contributed by atoms with Crippen molar-refractivity contribution >= 4 is 44.7 Å². The van der Waals surface area contributed by atoms with E-state index in [0.29, 0.717) is 17.3 Å². The Hall–Kier alpha value is -1.97. The summed E-state index contributed by atoms with van der Waals surface area (Å²) in [6, 6.07) is 4.55. The van der Waals surface area contributed by atoms with E-state index in [-0.39, 0.29) is 10.8 Å². The second-order valence-corrected chi connectivity index (χ2v) is 9.76. The minimum atomic E-state index is -0.0769. The highest BCUT2D eigenvalue weighted by molar-refractivity contribution is 7.99. The van der Waals surface area contributed by atoms with Gasteiger partial charge in [0.15, 0.2) is 5.16 Å². The first-order chi connectivity index (χ1) is 13.1. The lowest BCUT2D eigenvalue weighted by Crippen LogP contribution is -2.12. The Labute approximate surface area is 167 Å². The van der Waals surface area contributed by atoms with Crippen LogP contribution in [0.4, 0.5) is 0 Å². The molecule has 0 amide bonds. The fraction of sp³-hybridized carbons (Fsp3) is 0.333. The summed E-state index contributed by atoms with van der Waals surface area (Å²) in [5, 5.41) is 14.2. The summed E-state index contributed by atoms with van der Waals surface area (Å²) in [5.41, 5.74) is 0.890. The maximum Gasteiger partial charge on any atom is 0.260 e. The molecule has 4 heterocycles. The van der Waals surface area contributed by atoms with Crippen molar-refractivity contribution in [1.82, 2.24) is 24.7 Å². The van der Waals surface area contributed by atoms with Crippen molar-refractivity contribution in [3.05, 3.63) is 44.9 Å². The van der Waals surface area contributed by atoms with Gasteiger partial charge < -0.3 is 9.55 Å². The molecule has 0 aliphatic heterocycles. The van der Waals surface area contributed by atoms with Gasteiger partial charge in [-0.05, 0) is 38.1 Å². The van der Waals surface area contributed by atoms with E-state index in [1.807, 2.05) is 36.7 Å².